The van der Waals surface area contributed by atoms with Crippen LogP contribution in [0.25, 0.3) is 0 Å². The molecule has 0 bridgehead atoms. The lowest BCUT2D eigenvalue weighted by molar-refractivity contribution is 1.06. The molecule has 0 aromatic heterocycles. The zero-order chi connectivity index (χ0) is 6.57. The summed E-state index contributed by atoms with van der Waals surface area (Å²) in [5.41, 5.74) is 10.0. The van der Waals surface area contributed by atoms with E-state index in [1.165, 1.54) is 0 Å². The molecule has 0 saturated carbocycles. The van der Waals surface area contributed by atoms with Crippen LogP contribution in [-0.2, 0) is 0 Å². The SMILES string of the molecule is NC(N)=NC(S)CS. The summed E-state index contributed by atoms with van der Waals surface area (Å²) in [6.45, 7) is 0. The van der Waals surface area contributed by atoms with Crippen LogP contribution in [-0.4, -0.2) is 17.1 Å². The van der Waals surface area contributed by atoms with Crippen molar-refractivity contribution < 1.29 is 0 Å². The summed E-state index contributed by atoms with van der Waals surface area (Å²) < 4.78 is 0. The van der Waals surface area contributed by atoms with Crippen LogP contribution in [0.4, 0.5) is 0 Å². The Morgan fingerprint density at radius 2 is 2.12 bits per heavy atom. The Bertz CT molecular complexity index is 88.5. The molecule has 0 aliphatic heterocycles. The first kappa shape index (κ1) is 7.97. The molecule has 4 N–H and O–H groups in total. The van der Waals surface area contributed by atoms with Gasteiger partial charge in [0.05, 0.1) is 0 Å². The molecular weight excluding hydrogens is 142 g/mol. The van der Waals surface area contributed by atoms with Gasteiger partial charge in [-0.3, -0.25) is 0 Å². The van der Waals surface area contributed by atoms with Crippen LogP contribution in [0.1, 0.15) is 0 Å². The van der Waals surface area contributed by atoms with E-state index in [4.69, 9.17) is 11.5 Å². The molecule has 0 radical (unpaired) electrons. The molecule has 0 spiro atoms. The molecule has 0 heterocycles. The number of thiol groups is 2. The Labute approximate surface area is 59.4 Å². The van der Waals surface area contributed by atoms with E-state index in [1.807, 2.05) is 0 Å². The molecule has 5 heteroatoms. The molecule has 0 rings (SSSR count). The zero-order valence-corrected chi connectivity index (χ0v) is 6.07. The Morgan fingerprint density at radius 3 is 2.25 bits per heavy atom. The summed E-state index contributed by atoms with van der Waals surface area (Å²) in [6.07, 6.45) is 0. The third-order valence-corrected chi connectivity index (χ3v) is 1.39. The van der Waals surface area contributed by atoms with Gasteiger partial charge < -0.3 is 11.5 Å². The molecule has 0 aliphatic rings. The van der Waals surface area contributed by atoms with Gasteiger partial charge in [0.2, 0.25) is 0 Å². The van der Waals surface area contributed by atoms with E-state index in [2.05, 4.69) is 30.2 Å². The van der Waals surface area contributed by atoms with Crippen molar-refractivity contribution in [3.05, 3.63) is 0 Å². The third kappa shape index (κ3) is 4.14. The van der Waals surface area contributed by atoms with Crippen LogP contribution >= 0.6 is 25.3 Å². The monoisotopic (exact) mass is 151 g/mol. The Morgan fingerprint density at radius 1 is 1.62 bits per heavy atom. The summed E-state index contributed by atoms with van der Waals surface area (Å²) in [4.78, 5) is 3.66. The van der Waals surface area contributed by atoms with Crippen LogP contribution < -0.4 is 11.5 Å². The number of rotatable bonds is 2. The van der Waals surface area contributed by atoms with Gasteiger partial charge in [0, 0.05) is 5.75 Å². The molecule has 0 aromatic rings. The average molecular weight is 151 g/mol. The fourth-order valence-electron chi connectivity index (χ4n) is 0.213. The number of aliphatic imine (C=N–C) groups is 1. The highest BCUT2D eigenvalue weighted by atomic mass is 32.1. The van der Waals surface area contributed by atoms with E-state index in [-0.39, 0.29) is 11.3 Å². The number of hydrogen-bond donors (Lipinski definition) is 4. The van der Waals surface area contributed by atoms with Crippen molar-refractivity contribution in [3.63, 3.8) is 0 Å². The van der Waals surface area contributed by atoms with Gasteiger partial charge in [-0.1, -0.05) is 0 Å². The van der Waals surface area contributed by atoms with Crippen molar-refractivity contribution >= 4 is 31.2 Å². The second-order valence-electron chi connectivity index (χ2n) is 1.22. The minimum absolute atomic E-state index is 0.0547. The first-order chi connectivity index (χ1) is 3.66. The highest BCUT2D eigenvalue weighted by molar-refractivity contribution is 7.84. The molecule has 0 amide bonds. The number of hydrogen-bond acceptors (Lipinski definition) is 3. The van der Waals surface area contributed by atoms with E-state index in [0.717, 1.165) is 0 Å². The van der Waals surface area contributed by atoms with Crippen molar-refractivity contribution in [3.8, 4) is 0 Å². The van der Waals surface area contributed by atoms with Crippen molar-refractivity contribution in [1.82, 2.24) is 0 Å². The average Bonchev–Trinajstić information content (AvgIpc) is 1.65. The van der Waals surface area contributed by atoms with Crippen LogP contribution in [0, 0.1) is 0 Å². The third-order valence-electron chi connectivity index (χ3n) is 0.461. The van der Waals surface area contributed by atoms with Gasteiger partial charge in [-0.25, -0.2) is 4.99 Å². The maximum Gasteiger partial charge on any atom is 0.187 e. The zero-order valence-electron chi connectivity index (χ0n) is 4.28. The Kier molecular flexibility index (Phi) is 3.90. The van der Waals surface area contributed by atoms with E-state index >= 15 is 0 Å². The summed E-state index contributed by atoms with van der Waals surface area (Å²) >= 11 is 7.84. The maximum atomic E-state index is 5.01. The number of nitrogens with zero attached hydrogens (tertiary/aromatic N) is 1. The predicted molar refractivity (Wildman–Crippen MR) is 42.4 cm³/mol. The predicted octanol–water partition coefficient (Wildman–Crippen LogP) is -0.554. The molecule has 1 unspecified atom stereocenters. The molecule has 0 fully saturated rings. The van der Waals surface area contributed by atoms with Crippen LogP contribution in [0.2, 0.25) is 0 Å². The van der Waals surface area contributed by atoms with Gasteiger partial charge in [-0.2, -0.15) is 25.3 Å². The van der Waals surface area contributed by atoms with E-state index < -0.39 is 0 Å². The van der Waals surface area contributed by atoms with Crippen LogP contribution in [0.15, 0.2) is 4.99 Å². The molecule has 3 nitrogen and oxygen atoms in total. The second kappa shape index (κ2) is 3.91. The lowest BCUT2D eigenvalue weighted by atomic mass is 10.7. The number of nitrogens with two attached hydrogens (primary N) is 2. The van der Waals surface area contributed by atoms with Gasteiger partial charge in [0.15, 0.2) is 5.96 Å². The van der Waals surface area contributed by atoms with Crippen molar-refractivity contribution in [2.45, 2.75) is 5.37 Å². The van der Waals surface area contributed by atoms with Gasteiger partial charge in [-0.15, -0.1) is 0 Å². The van der Waals surface area contributed by atoms with Gasteiger partial charge in [-0.05, 0) is 0 Å². The summed E-state index contributed by atoms with van der Waals surface area (Å²) in [6, 6.07) is 0. The van der Waals surface area contributed by atoms with Gasteiger partial charge in [0.25, 0.3) is 0 Å². The first-order valence-electron chi connectivity index (χ1n) is 2.04. The standard InChI is InChI=1S/C3H9N3S2/c4-3(5)6-2(8)1-7/h2,7-8H,1H2,(H4,4,5,6). The van der Waals surface area contributed by atoms with Gasteiger partial charge in [0.1, 0.15) is 5.37 Å². The largest absolute Gasteiger partial charge is 0.370 e. The maximum absolute atomic E-state index is 5.01. The van der Waals surface area contributed by atoms with Crippen molar-refractivity contribution in [2.24, 2.45) is 16.5 Å². The second-order valence-corrected chi connectivity index (χ2v) is 2.18. The molecule has 0 aromatic carbocycles. The summed E-state index contributed by atoms with van der Waals surface area (Å²) in [7, 11) is 0. The van der Waals surface area contributed by atoms with Crippen molar-refractivity contribution in [1.29, 1.82) is 0 Å². The molecule has 8 heavy (non-hydrogen) atoms. The van der Waals surface area contributed by atoms with Crippen LogP contribution in [0.3, 0.4) is 0 Å². The van der Waals surface area contributed by atoms with E-state index in [9.17, 15) is 0 Å². The molecule has 0 saturated heterocycles. The molecular formula is C3H9N3S2. The minimum Gasteiger partial charge on any atom is -0.370 e. The molecule has 0 aliphatic carbocycles. The fourth-order valence-corrected chi connectivity index (χ4v) is 0.428. The van der Waals surface area contributed by atoms with Gasteiger partial charge >= 0.3 is 0 Å². The highest BCUT2D eigenvalue weighted by Crippen LogP contribution is 1.96. The topological polar surface area (TPSA) is 64.4 Å². The summed E-state index contributed by atoms with van der Waals surface area (Å²) in [5.74, 6) is 0.597. The fraction of sp³-hybridized carbons (Fsp3) is 0.667. The minimum atomic E-state index is -0.177. The summed E-state index contributed by atoms with van der Waals surface area (Å²) in [5, 5.41) is -0.177. The Hall–Kier alpha value is -0.0300. The number of guanidine groups is 1. The quantitative estimate of drug-likeness (QED) is 0.243. The van der Waals surface area contributed by atoms with Crippen molar-refractivity contribution in [2.75, 3.05) is 5.75 Å². The lowest BCUT2D eigenvalue weighted by Gasteiger charge is -1.97. The first-order valence-corrected chi connectivity index (χ1v) is 3.19. The Balaban J connectivity index is 3.51. The normalized spacial score (nSPS) is 12.8. The van der Waals surface area contributed by atoms with E-state index in [0.29, 0.717) is 5.75 Å². The van der Waals surface area contributed by atoms with Crippen LogP contribution in [0.5, 0.6) is 0 Å². The lowest BCUT2D eigenvalue weighted by Crippen LogP contribution is -2.24. The molecule has 48 valence electrons. The highest BCUT2D eigenvalue weighted by Gasteiger charge is 1.93. The van der Waals surface area contributed by atoms with E-state index in [1.54, 1.807) is 0 Å². The molecule has 1 atom stereocenters. The smallest absolute Gasteiger partial charge is 0.187 e.